The number of hydrogen-bond acceptors (Lipinski definition) is 0. The molecule has 0 heterocycles. The molecular formula is C23H21. The summed E-state index contributed by atoms with van der Waals surface area (Å²) in [5.74, 6) is 1.38. The van der Waals surface area contributed by atoms with Crippen molar-refractivity contribution < 1.29 is 0 Å². The van der Waals surface area contributed by atoms with Crippen LogP contribution in [0.4, 0.5) is 0 Å². The maximum atomic E-state index is 2.33. The van der Waals surface area contributed by atoms with Gasteiger partial charge in [0, 0.05) is 0 Å². The van der Waals surface area contributed by atoms with Gasteiger partial charge < -0.3 is 0 Å². The predicted molar refractivity (Wildman–Crippen MR) is 99.5 cm³/mol. The summed E-state index contributed by atoms with van der Waals surface area (Å²) in [6, 6.07) is 22.1. The Hall–Kier alpha value is -2.34. The molecular weight excluding hydrogens is 276 g/mol. The molecule has 0 unspecified atom stereocenters. The van der Waals surface area contributed by atoms with Crippen molar-refractivity contribution in [3.05, 3.63) is 94.9 Å². The molecule has 3 aromatic rings. The van der Waals surface area contributed by atoms with Gasteiger partial charge in [-0.05, 0) is 45.9 Å². The summed E-state index contributed by atoms with van der Waals surface area (Å²) in [5.41, 5.74) is 5.60. The number of benzene rings is 3. The standard InChI is InChI=1S/C23H21/c1-2-3-8-19-14-13-18-10-5-7-12-21(18)23(19)22-16-15-17-9-4-6-11-20(17)22/h4-7,9-16H,2-3,8H2,1H3. The topological polar surface area (TPSA) is 0 Å². The zero-order chi connectivity index (χ0) is 15.6. The lowest BCUT2D eigenvalue weighted by Crippen LogP contribution is -2.03. The first-order valence-electron chi connectivity index (χ1n) is 8.54. The average Bonchev–Trinajstić information content (AvgIpc) is 3.03. The van der Waals surface area contributed by atoms with Crippen LogP contribution in [0.25, 0.3) is 16.8 Å². The van der Waals surface area contributed by atoms with Crippen LogP contribution in [0.2, 0.25) is 0 Å². The molecule has 0 N–H and O–H groups in total. The minimum Gasteiger partial charge on any atom is -0.0674 e. The summed E-state index contributed by atoms with van der Waals surface area (Å²) in [6.45, 7) is 2.26. The molecule has 113 valence electrons. The molecule has 0 fully saturated rings. The monoisotopic (exact) mass is 297 g/mol. The highest BCUT2D eigenvalue weighted by Gasteiger charge is 2.23. The summed E-state index contributed by atoms with van der Waals surface area (Å²) in [6.07, 6.45) is 8.16. The number of unbranched alkanes of at least 4 members (excludes halogenated alkanes) is 1. The third-order valence-electron chi connectivity index (χ3n) is 4.76. The van der Waals surface area contributed by atoms with Crippen molar-refractivity contribution in [1.29, 1.82) is 0 Å². The van der Waals surface area contributed by atoms with Gasteiger partial charge >= 0.3 is 0 Å². The van der Waals surface area contributed by atoms with Crippen LogP contribution in [0.1, 0.15) is 42.0 Å². The van der Waals surface area contributed by atoms with E-state index in [1.54, 1.807) is 0 Å². The van der Waals surface area contributed by atoms with E-state index in [4.69, 9.17) is 0 Å². The van der Waals surface area contributed by atoms with Crippen LogP contribution in [-0.4, -0.2) is 0 Å². The molecule has 0 heteroatoms. The van der Waals surface area contributed by atoms with E-state index in [1.807, 2.05) is 0 Å². The Kier molecular flexibility index (Phi) is 3.75. The molecule has 0 saturated carbocycles. The van der Waals surface area contributed by atoms with Gasteiger partial charge in [0.05, 0.1) is 5.92 Å². The SMILES string of the molecule is CCCCc1ccc2ccccc2c1[C]1C=Cc2ccccc21. The molecule has 1 aliphatic carbocycles. The van der Waals surface area contributed by atoms with E-state index in [1.165, 1.54) is 51.8 Å². The van der Waals surface area contributed by atoms with Crippen molar-refractivity contribution >= 4 is 16.8 Å². The van der Waals surface area contributed by atoms with Crippen LogP contribution in [0.15, 0.2) is 66.7 Å². The molecule has 4 rings (SSSR count). The first kappa shape index (κ1) is 14.3. The molecule has 1 aliphatic rings. The zero-order valence-corrected chi connectivity index (χ0v) is 13.5. The lowest BCUT2D eigenvalue weighted by Gasteiger charge is -2.18. The maximum Gasteiger partial charge on any atom is 0.0572 e. The van der Waals surface area contributed by atoms with Crippen molar-refractivity contribution in [2.45, 2.75) is 26.2 Å². The van der Waals surface area contributed by atoms with Crippen LogP contribution < -0.4 is 0 Å². The first-order chi connectivity index (χ1) is 11.4. The summed E-state index contributed by atoms with van der Waals surface area (Å²) in [5, 5.41) is 2.70. The molecule has 0 saturated heterocycles. The quantitative estimate of drug-likeness (QED) is 0.539. The van der Waals surface area contributed by atoms with Crippen molar-refractivity contribution in [1.82, 2.24) is 0 Å². The Morgan fingerprint density at radius 3 is 2.52 bits per heavy atom. The largest absolute Gasteiger partial charge is 0.0674 e. The number of allylic oxidation sites excluding steroid dienone is 1. The number of rotatable bonds is 4. The fourth-order valence-corrected chi connectivity index (χ4v) is 3.58. The second-order valence-electron chi connectivity index (χ2n) is 6.26. The smallest absolute Gasteiger partial charge is 0.0572 e. The van der Waals surface area contributed by atoms with Crippen LogP contribution in [0, 0.1) is 5.92 Å². The number of fused-ring (bicyclic) bond motifs is 2. The molecule has 0 amide bonds. The van der Waals surface area contributed by atoms with E-state index in [9.17, 15) is 0 Å². The second kappa shape index (κ2) is 6.04. The molecule has 0 bridgehead atoms. The fourth-order valence-electron chi connectivity index (χ4n) is 3.58. The Balaban J connectivity index is 1.92. The van der Waals surface area contributed by atoms with Crippen LogP contribution in [0.5, 0.6) is 0 Å². The van der Waals surface area contributed by atoms with E-state index in [2.05, 4.69) is 79.7 Å². The lowest BCUT2D eigenvalue weighted by atomic mass is 9.84. The predicted octanol–water partition coefficient (Wildman–Crippen LogP) is 6.18. The number of aryl methyl sites for hydroxylation is 1. The molecule has 0 atom stereocenters. The maximum absolute atomic E-state index is 2.33. The molecule has 0 nitrogen and oxygen atoms in total. The summed E-state index contributed by atoms with van der Waals surface area (Å²) >= 11 is 0. The van der Waals surface area contributed by atoms with Gasteiger partial charge in [0.2, 0.25) is 0 Å². The van der Waals surface area contributed by atoms with Crippen molar-refractivity contribution in [3.8, 4) is 0 Å². The molecule has 1 radical (unpaired) electrons. The summed E-state index contributed by atoms with van der Waals surface area (Å²) in [4.78, 5) is 0. The van der Waals surface area contributed by atoms with E-state index in [-0.39, 0.29) is 0 Å². The Labute approximate surface area is 138 Å². The van der Waals surface area contributed by atoms with E-state index >= 15 is 0 Å². The summed E-state index contributed by atoms with van der Waals surface area (Å²) in [7, 11) is 0. The van der Waals surface area contributed by atoms with E-state index in [0.29, 0.717) is 0 Å². The van der Waals surface area contributed by atoms with Gasteiger partial charge in [-0.1, -0.05) is 86.2 Å². The van der Waals surface area contributed by atoms with Gasteiger partial charge in [-0.15, -0.1) is 0 Å². The molecule has 0 aromatic heterocycles. The Morgan fingerprint density at radius 1 is 0.783 bits per heavy atom. The van der Waals surface area contributed by atoms with Crippen molar-refractivity contribution in [2.75, 3.05) is 0 Å². The third kappa shape index (κ3) is 2.49. The van der Waals surface area contributed by atoms with Crippen LogP contribution >= 0.6 is 0 Å². The van der Waals surface area contributed by atoms with Gasteiger partial charge in [0.15, 0.2) is 0 Å². The normalized spacial score (nSPS) is 13.6. The first-order valence-corrected chi connectivity index (χ1v) is 8.54. The third-order valence-corrected chi connectivity index (χ3v) is 4.76. The number of hydrogen-bond donors (Lipinski definition) is 0. The minimum absolute atomic E-state index is 1.15. The highest BCUT2D eigenvalue weighted by Crippen LogP contribution is 2.39. The zero-order valence-electron chi connectivity index (χ0n) is 13.5. The van der Waals surface area contributed by atoms with Gasteiger partial charge in [-0.2, -0.15) is 0 Å². The van der Waals surface area contributed by atoms with Crippen LogP contribution in [0.3, 0.4) is 0 Å². The molecule has 23 heavy (non-hydrogen) atoms. The lowest BCUT2D eigenvalue weighted by molar-refractivity contribution is 0.792. The van der Waals surface area contributed by atoms with Crippen molar-refractivity contribution in [2.24, 2.45) is 0 Å². The molecule has 0 aliphatic heterocycles. The van der Waals surface area contributed by atoms with Gasteiger partial charge in [-0.3, -0.25) is 0 Å². The highest BCUT2D eigenvalue weighted by molar-refractivity contribution is 5.92. The van der Waals surface area contributed by atoms with Gasteiger partial charge in [-0.25, -0.2) is 0 Å². The van der Waals surface area contributed by atoms with Gasteiger partial charge in [0.25, 0.3) is 0 Å². The Morgan fingerprint density at radius 2 is 1.61 bits per heavy atom. The summed E-state index contributed by atoms with van der Waals surface area (Å²) < 4.78 is 0. The van der Waals surface area contributed by atoms with Gasteiger partial charge in [0.1, 0.15) is 0 Å². The molecule has 0 spiro atoms. The Bertz CT molecular complexity index is 870. The molecule has 3 aromatic carbocycles. The average molecular weight is 297 g/mol. The highest BCUT2D eigenvalue weighted by atomic mass is 14.3. The van der Waals surface area contributed by atoms with E-state index < -0.39 is 0 Å². The minimum atomic E-state index is 1.15. The second-order valence-corrected chi connectivity index (χ2v) is 6.26. The fraction of sp³-hybridized carbons (Fsp3) is 0.174. The van der Waals surface area contributed by atoms with E-state index in [0.717, 1.165) is 6.42 Å². The van der Waals surface area contributed by atoms with Crippen molar-refractivity contribution in [3.63, 3.8) is 0 Å². The van der Waals surface area contributed by atoms with Crippen LogP contribution in [-0.2, 0) is 6.42 Å².